The number of halogens is 3. The Morgan fingerprint density at radius 1 is 0.359 bits per heavy atom. The number of hydrogen-bond donors (Lipinski definition) is 0. The van der Waals surface area contributed by atoms with Crippen LogP contribution in [-0.4, -0.2) is 9.13 Å². The normalized spacial score (nSPS) is 11.3. The number of para-hydroxylation sites is 2. The van der Waals surface area contributed by atoms with Crippen molar-refractivity contribution < 1.29 is 13.2 Å². The molecule has 0 spiro atoms. The van der Waals surface area contributed by atoms with Crippen molar-refractivity contribution >= 4 is 43.6 Å². The quantitative estimate of drug-likeness (QED) is 0.171. The van der Waals surface area contributed by atoms with E-state index in [0.29, 0.717) is 72.5 Å². The Bertz CT molecular complexity index is 3850. The van der Waals surface area contributed by atoms with Crippen LogP contribution in [0.5, 0.6) is 0 Å². The molecule has 0 aliphatic heterocycles. The highest BCUT2D eigenvalue weighted by molar-refractivity contribution is 6.12. The van der Waals surface area contributed by atoms with Gasteiger partial charge in [0.15, 0.2) is 0 Å². The molecule has 0 aliphatic carbocycles. The number of rotatable bonds is 5. The first-order valence-corrected chi connectivity index (χ1v) is 19.9. The molecular formula is C54H26F3N7. The van der Waals surface area contributed by atoms with E-state index in [1.54, 1.807) is 42.5 Å². The fourth-order valence-corrected chi connectivity index (χ4v) is 8.84. The molecule has 10 rings (SSSR count). The number of benzene rings is 8. The summed E-state index contributed by atoms with van der Waals surface area (Å²) in [4.78, 5) is 0. The number of hydrogen-bond acceptors (Lipinski definition) is 5. The molecule has 0 fully saturated rings. The van der Waals surface area contributed by atoms with Crippen molar-refractivity contribution in [3.63, 3.8) is 0 Å². The highest BCUT2D eigenvalue weighted by Gasteiger charge is 2.31. The summed E-state index contributed by atoms with van der Waals surface area (Å²) in [5, 5.41) is 53.8. The third kappa shape index (κ3) is 6.17. The van der Waals surface area contributed by atoms with Crippen LogP contribution in [0.1, 0.15) is 33.4 Å². The number of fused-ring (bicyclic) bond motifs is 6. The Labute approximate surface area is 363 Å². The van der Waals surface area contributed by atoms with E-state index in [2.05, 4.69) is 30.3 Å². The van der Waals surface area contributed by atoms with Crippen molar-refractivity contribution in [1.82, 2.24) is 9.13 Å². The Kier molecular flexibility index (Phi) is 9.06. The van der Waals surface area contributed by atoms with Gasteiger partial charge in [0.2, 0.25) is 0 Å². The average molecular weight is 830 g/mol. The highest BCUT2D eigenvalue weighted by atomic mass is 19.4. The van der Waals surface area contributed by atoms with E-state index in [0.717, 1.165) is 44.7 Å². The molecule has 0 N–H and O–H groups in total. The fraction of sp³-hybridized carbons (Fsp3) is 0.0185. The van der Waals surface area contributed by atoms with E-state index < -0.39 is 11.7 Å². The molecule has 0 unspecified atom stereocenters. The van der Waals surface area contributed by atoms with Gasteiger partial charge in [-0.1, -0.05) is 84.9 Å². The largest absolute Gasteiger partial charge is 0.416 e. The molecule has 64 heavy (non-hydrogen) atoms. The SMILES string of the molecule is N#Cc1ccc(-c2ccc3c4ccccc4n(-c4cc(-c5cccc(C(F)(F)F)c5)c(-n5c6ccccc6c6ccc(-c7ccc(C#N)cc7C#N)cc65)cc4C#N)c3c2)c(C#N)c1. The molecule has 0 saturated heterocycles. The topological polar surface area (TPSA) is 129 Å². The van der Waals surface area contributed by atoms with Gasteiger partial charge in [-0.25, -0.2) is 0 Å². The zero-order valence-corrected chi connectivity index (χ0v) is 33.3. The van der Waals surface area contributed by atoms with Crippen molar-refractivity contribution in [3.8, 4) is 75.1 Å². The molecule has 0 amide bonds. The second kappa shape index (κ2) is 14.9. The van der Waals surface area contributed by atoms with Crippen LogP contribution in [0.2, 0.25) is 0 Å². The number of nitrogens with zero attached hydrogens (tertiary/aromatic N) is 7. The number of nitriles is 5. The van der Waals surface area contributed by atoms with Gasteiger partial charge < -0.3 is 9.13 Å². The summed E-state index contributed by atoms with van der Waals surface area (Å²) in [6, 6.07) is 56.3. The Balaban J connectivity index is 1.31. The van der Waals surface area contributed by atoms with Gasteiger partial charge in [0.25, 0.3) is 0 Å². The highest BCUT2D eigenvalue weighted by Crippen LogP contribution is 2.43. The molecule has 2 heterocycles. The summed E-state index contributed by atoms with van der Waals surface area (Å²) < 4.78 is 47.4. The molecule has 10 aromatic rings. The van der Waals surface area contributed by atoms with E-state index in [-0.39, 0.29) is 11.1 Å². The maximum Gasteiger partial charge on any atom is 0.416 e. The molecular weight excluding hydrogens is 804 g/mol. The zero-order valence-electron chi connectivity index (χ0n) is 33.3. The van der Waals surface area contributed by atoms with Gasteiger partial charge in [-0.3, -0.25) is 0 Å². The fourth-order valence-electron chi connectivity index (χ4n) is 8.84. The van der Waals surface area contributed by atoms with E-state index in [1.807, 2.05) is 94.1 Å². The first-order chi connectivity index (χ1) is 31.1. The lowest BCUT2D eigenvalue weighted by Crippen LogP contribution is -2.06. The van der Waals surface area contributed by atoms with E-state index in [4.69, 9.17) is 0 Å². The molecule has 10 heteroatoms. The van der Waals surface area contributed by atoms with Crippen molar-refractivity contribution in [2.75, 3.05) is 0 Å². The molecule has 0 bridgehead atoms. The second-order valence-electron chi connectivity index (χ2n) is 15.2. The summed E-state index contributed by atoms with van der Waals surface area (Å²) in [7, 11) is 0. The van der Waals surface area contributed by atoms with Gasteiger partial charge in [0.1, 0.15) is 6.07 Å². The molecule has 7 nitrogen and oxygen atoms in total. The van der Waals surface area contributed by atoms with Crippen molar-refractivity contribution in [2.45, 2.75) is 6.18 Å². The lowest BCUT2D eigenvalue weighted by atomic mass is 9.96. The monoisotopic (exact) mass is 829 g/mol. The van der Waals surface area contributed by atoms with Crippen LogP contribution in [0.3, 0.4) is 0 Å². The lowest BCUT2D eigenvalue weighted by Gasteiger charge is -2.20. The Hall–Kier alpha value is -9.40. The predicted octanol–water partition coefficient (Wildman–Crippen LogP) is 13.3. The van der Waals surface area contributed by atoms with Crippen LogP contribution in [0, 0.1) is 56.7 Å². The third-order valence-electron chi connectivity index (χ3n) is 11.7. The van der Waals surface area contributed by atoms with Gasteiger partial charge >= 0.3 is 6.18 Å². The van der Waals surface area contributed by atoms with Gasteiger partial charge in [0, 0.05) is 27.1 Å². The van der Waals surface area contributed by atoms with Gasteiger partial charge in [-0.05, 0) is 101 Å². The lowest BCUT2D eigenvalue weighted by molar-refractivity contribution is -0.137. The van der Waals surface area contributed by atoms with Gasteiger partial charge in [-0.2, -0.15) is 39.5 Å². The van der Waals surface area contributed by atoms with Crippen molar-refractivity contribution in [3.05, 3.63) is 191 Å². The van der Waals surface area contributed by atoms with Crippen LogP contribution in [0.15, 0.2) is 158 Å². The molecule has 2 aromatic heterocycles. The summed E-state index contributed by atoms with van der Waals surface area (Å²) >= 11 is 0. The molecule has 0 saturated carbocycles. The predicted molar refractivity (Wildman–Crippen MR) is 240 cm³/mol. The first kappa shape index (κ1) is 38.8. The van der Waals surface area contributed by atoms with Crippen LogP contribution in [0.4, 0.5) is 13.2 Å². The Morgan fingerprint density at radius 3 is 1.34 bits per heavy atom. The van der Waals surface area contributed by atoms with E-state index in [9.17, 15) is 39.5 Å². The molecule has 0 radical (unpaired) electrons. The standard InChI is InChI=1S/C54H26F3N7/c55-54(56,57)40-7-5-6-34(22-40)47-26-50(63-48-10-3-1-8-43(48)45-18-14-35(23-51(45)63)41-16-12-32(27-58)20-37(41)29-60)39(31-62)25-53(47)64-49-11-4-2-9-44(49)46-19-15-36(24-52(46)64)42-17-13-33(28-59)21-38(42)30-61/h1-26H. The smallest absolute Gasteiger partial charge is 0.309 e. The van der Waals surface area contributed by atoms with Crippen molar-refractivity contribution in [2.24, 2.45) is 0 Å². The second-order valence-corrected chi connectivity index (χ2v) is 15.2. The first-order valence-electron chi connectivity index (χ1n) is 19.9. The van der Waals surface area contributed by atoms with Gasteiger partial charge in [-0.15, -0.1) is 0 Å². The Morgan fingerprint density at radius 2 is 0.844 bits per heavy atom. The van der Waals surface area contributed by atoms with Gasteiger partial charge in [0.05, 0.1) is 91.1 Å². The number of alkyl halides is 3. The molecule has 0 aliphatic rings. The van der Waals surface area contributed by atoms with Crippen LogP contribution in [0.25, 0.3) is 88.4 Å². The summed E-state index contributed by atoms with van der Waals surface area (Å²) in [5.74, 6) is 0. The van der Waals surface area contributed by atoms with Crippen molar-refractivity contribution in [1.29, 1.82) is 26.3 Å². The van der Waals surface area contributed by atoms with Crippen LogP contribution < -0.4 is 0 Å². The zero-order chi connectivity index (χ0) is 44.3. The maximum atomic E-state index is 14.5. The summed E-state index contributed by atoms with van der Waals surface area (Å²) in [5.41, 5.74) is 7.63. The number of aromatic nitrogens is 2. The molecule has 0 atom stereocenters. The minimum absolute atomic E-state index is 0.232. The van der Waals surface area contributed by atoms with Crippen LogP contribution >= 0.6 is 0 Å². The van der Waals surface area contributed by atoms with E-state index in [1.165, 1.54) is 18.2 Å². The minimum Gasteiger partial charge on any atom is -0.309 e. The van der Waals surface area contributed by atoms with E-state index >= 15 is 0 Å². The maximum absolute atomic E-state index is 14.5. The average Bonchev–Trinajstić information content (AvgIpc) is 3.84. The minimum atomic E-state index is -4.65. The molecule has 298 valence electrons. The third-order valence-corrected chi connectivity index (χ3v) is 11.7. The van der Waals surface area contributed by atoms with Crippen LogP contribution in [-0.2, 0) is 6.18 Å². The summed E-state index contributed by atoms with van der Waals surface area (Å²) in [6.07, 6.45) is -4.65. The summed E-state index contributed by atoms with van der Waals surface area (Å²) in [6.45, 7) is 0. The molecule has 8 aromatic carbocycles.